The highest BCUT2D eigenvalue weighted by molar-refractivity contribution is 5.96. The maximum absolute atomic E-state index is 14.4. The molecule has 0 saturated carbocycles. The molecule has 2 heterocycles. The summed E-state index contributed by atoms with van der Waals surface area (Å²) in [6.45, 7) is 3.39. The second-order valence-electron chi connectivity index (χ2n) is 22.6. The van der Waals surface area contributed by atoms with Crippen molar-refractivity contribution in [3.8, 4) is 0 Å². The molecule has 2 saturated heterocycles. The quantitative estimate of drug-likeness (QED) is 0.0172. The van der Waals surface area contributed by atoms with Crippen molar-refractivity contribution in [3.05, 3.63) is 250 Å². The summed E-state index contributed by atoms with van der Waals surface area (Å²) in [5, 5.41) is 30.8. The summed E-state index contributed by atoms with van der Waals surface area (Å²) in [6.07, 6.45) is 4.03. The second kappa shape index (κ2) is 32.1. The Morgan fingerprint density at radius 1 is 0.506 bits per heavy atom. The molecule has 0 radical (unpaired) electrons. The van der Waals surface area contributed by atoms with Crippen LogP contribution >= 0.6 is 0 Å². The number of nitrogens with zero attached hydrogens (tertiary/aromatic N) is 2. The molecule has 7 aromatic rings. The lowest BCUT2D eigenvalue weighted by Gasteiger charge is -2.28. The summed E-state index contributed by atoms with van der Waals surface area (Å²) < 4.78 is 5.54. The highest BCUT2D eigenvalue weighted by atomic mass is 16.5. The summed E-state index contributed by atoms with van der Waals surface area (Å²) >= 11 is 0. The lowest BCUT2D eigenvalue weighted by atomic mass is 9.93. The zero-order valence-corrected chi connectivity index (χ0v) is 49.4. The Labute approximate surface area is 510 Å². The van der Waals surface area contributed by atoms with Crippen LogP contribution in [0.3, 0.4) is 0 Å². The van der Waals surface area contributed by atoms with Gasteiger partial charge in [0, 0.05) is 74.0 Å². The summed E-state index contributed by atoms with van der Waals surface area (Å²) in [5.74, 6) is -2.90. The van der Waals surface area contributed by atoms with E-state index in [1.807, 2.05) is 176 Å². The van der Waals surface area contributed by atoms with Crippen LogP contribution in [0.2, 0.25) is 0 Å². The van der Waals surface area contributed by atoms with E-state index in [4.69, 9.17) is 21.3 Å². The van der Waals surface area contributed by atoms with E-state index >= 15 is 0 Å². The third-order valence-corrected chi connectivity index (χ3v) is 16.5. The molecule has 87 heavy (non-hydrogen) atoms. The van der Waals surface area contributed by atoms with Crippen LogP contribution in [0.5, 0.6) is 0 Å². The first-order chi connectivity index (χ1) is 42.2. The maximum Gasteiger partial charge on any atom is 0.306 e. The van der Waals surface area contributed by atoms with Crippen LogP contribution in [0.1, 0.15) is 120 Å². The highest BCUT2D eigenvalue weighted by Crippen LogP contribution is 2.36. The molecule has 2 fully saturated rings. The number of hydrogen-bond acceptors (Lipinski definition) is 9. The minimum absolute atomic E-state index is 0.00463. The van der Waals surface area contributed by atoms with Crippen molar-refractivity contribution in [3.63, 3.8) is 0 Å². The van der Waals surface area contributed by atoms with Gasteiger partial charge in [0.25, 0.3) is 0 Å². The first kappa shape index (κ1) is 63.5. The van der Waals surface area contributed by atoms with Crippen LogP contribution in [-0.2, 0) is 66.0 Å². The Hall–Kier alpha value is -9.50. The average Bonchev–Trinajstić information content (AvgIpc) is 2.40. The molecule has 15 nitrogen and oxygen atoms in total. The minimum atomic E-state index is -0.939. The predicted octanol–water partition coefficient (Wildman–Crippen LogP) is 10.9. The van der Waals surface area contributed by atoms with E-state index in [1.54, 1.807) is 28.9 Å². The molecule has 450 valence electrons. The predicted molar refractivity (Wildman–Crippen MR) is 338 cm³/mol. The van der Waals surface area contributed by atoms with Gasteiger partial charge in [-0.05, 0) is 103 Å². The number of hydrogen-bond donors (Lipinski definition) is 6. The first-order valence-corrected chi connectivity index (χ1v) is 30.0. The number of aliphatic carboxylic acids is 1. The number of amidine groups is 1. The van der Waals surface area contributed by atoms with E-state index in [0.29, 0.717) is 75.9 Å². The number of nitrogen functional groups attached to an aromatic ring is 1. The minimum Gasteiger partial charge on any atom is -0.481 e. The van der Waals surface area contributed by atoms with E-state index in [-0.39, 0.29) is 79.7 Å². The van der Waals surface area contributed by atoms with Gasteiger partial charge in [-0.3, -0.25) is 34.2 Å². The number of ether oxygens (including phenoxy) is 1. The molecule has 0 spiro atoms. The number of carboxylic acids is 1. The smallest absolute Gasteiger partial charge is 0.306 e. The van der Waals surface area contributed by atoms with Gasteiger partial charge in [-0.1, -0.05) is 200 Å². The largest absolute Gasteiger partial charge is 0.481 e. The number of aryl methyl sites for hydroxylation is 2. The van der Waals surface area contributed by atoms with Crippen LogP contribution in [-0.4, -0.2) is 87.2 Å². The number of benzene rings is 7. The van der Waals surface area contributed by atoms with Crippen LogP contribution in [0.15, 0.2) is 200 Å². The molecule has 9 rings (SSSR count). The average molecular weight is 1170 g/mol. The Morgan fingerprint density at radius 3 is 1.28 bits per heavy atom. The number of carboxylic acid groups (broad SMARTS) is 1. The standard InChI is InChI=1S/C40H43N3O4.C32H36N4O4/c1-29(41)33-20-18-31(19-21-33)26-42-39(45)37-25-36(34-15-9-4-10-16-34)27-43(37)40(46)35(22-17-30-11-5-2-6-12-30)23-24-38(44)47-28-32-13-7-3-8-14-32;33-30(34)25-14-12-23(13-15-25)20-35-31(39)28-19-27(24-9-5-2-6-10-24)21-36(28)32(40)26(17-18-29(37)38)16-11-22-7-3-1-4-8-22/h2-16,18-21,35-37,41H,17,22-28H2,1H3,(H,42,45);1-10,12-15,26-28H,11,16-21H2,(H3,33,34)(H,35,39)(H,37,38)/t35-,36-,37-;26-,27-,28-/m00/s1. The Balaban J connectivity index is 0.000000229. The zero-order chi connectivity index (χ0) is 61.5. The SMILES string of the molecule is CC(=N)c1ccc(CNC(=O)[C@@H]2C[C@H](c3ccccc3)CN2C(=O)[C@H](CCC(=O)OCc2ccccc2)CCc2ccccc2)cc1.N=C(N)c1ccc(CNC(=O)[C@@H]2C[C@H](c3ccccc3)CN2C(=O)[C@H](CCC(=O)O)CCc2ccccc2)cc1. The van der Waals surface area contributed by atoms with E-state index in [1.165, 1.54) is 0 Å². The molecule has 0 aliphatic carbocycles. The maximum atomic E-state index is 14.4. The van der Waals surface area contributed by atoms with Gasteiger partial charge in [0.15, 0.2) is 0 Å². The van der Waals surface area contributed by atoms with Crippen molar-refractivity contribution in [2.24, 2.45) is 17.6 Å². The van der Waals surface area contributed by atoms with Gasteiger partial charge in [-0.2, -0.15) is 0 Å². The Morgan fingerprint density at radius 2 is 0.885 bits per heavy atom. The van der Waals surface area contributed by atoms with Gasteiger partial charge in [-0.15, -0.1) is 0 Å². The van der Waals surface area contributed by atoms with Crippen LogP contribution in [0.4, 0.5) is 0 Å². The molecule has 0 bridgehead atoms. The molecule has 7 N–H and O–H groups in total. The third-order valence-electron chi connectivity index (χ3n) is 16.5. The fraction of sp³-hybridized carbons (Fsp3) is 0.306. The van der Waals surface area contributed by atoms with Crippen LogP contribution < -0.4 is 16.4 Å². The fourth-order valence-corrected chi connectivity index (χ4v) is 11.5. The van der Waals surface area contributed by atoms with Crippen molar-refractivity contribution in [1.82, 2.24) is 20.4 Å². The number of rotatable bonds is 26. The molecule has 0 unspecified atom stereocenters. The van der Waals surface area contributed by atoms with Gasteiger partial charge in [0.1, 0.15) is 24.5 Å². The van der Waals surface area contributed by atoms with Crippen molar-refractivity contribution in [2.75, 3.05) is 13.1 Å². The van der Waals surface area contributed by atoms with Crippen molar-refractivity contribution in [2.45, 2.75) is 115 Å². The summed E-state index contributed by atoms with van der Waals surface area (Å²) in [5.41, 5.74) is 14.5. The molecular weight excluding hydrogens is 1090 g/mol. The van der Waals surface area contributed by atoms with Crippen molar-refractivity contribution >= 4 is 47.1 Å². The number of likely N-dealkylation sites (tertiary alicyclic amines) is 2. The Kier molecular flexibility index (Phi) is 23.5. The number of esters is 1. The van der Waals surface area contributed by atoms with Crippen LogP contribution in [0, 0.1) is 22.7 Å². The van der Waals surface area contributed by atoms with E-state index in [0.717, 1.165) is 44.5 Å². The normalized spacial score (nSPS) is 16.7. The van der Waals surface area contributed by atoms with E-state index in [9.17, 15) is 33.9 Å². The molecule has 7 aromatic carbocycles. The third kappa shape index (κ3) is 19.0. The van der Waals surface area contributed by atoms with E-state index in [2.05, 4.69) is 22.8 Å². The number of amides is 4. The molecule has 6 atom stereocenters. The number of carbonyl (C=O) groups excluding carboxylic acids is 5. The van der Waals surface area contributed by atoms with Crippen molar-refractivity contribution < 1.29 is 38.6 Å². The Bertz CT molecular complexity index is 3390. The van der Waals surface area contributed by atoms with Crippen molar-refractivity contribution in [1.29, 1.82) is 10.8 Å². The van der Waals surface area contributed by atoms with Gasteiger partial charge < -0.3 is 41.4 Å². The summed E-state index contributed by atoms with van der Waals surface area (Å²) in [7, 11) is 0. The fourth-order valence-electron chi connectivity index (χ4n) is 11.5. The summed E-state index contributed by atoms with van der Waals surface area (Å²) in [4.78, 5) is 83.3. The highest BCUT2D eigenvalue weighted by Gasteiger charge is 2.43. The van der Waals surface area contributed by atoms with E-state index < -0.39 is 29.9 Å². The number of carbonyl (C=O) groups is 6. The molecule has 0 aromatic heterocycles. The number of nitrogens with two attached hydrogens (primary N) is 1. The zero-order valence-electron chi connectivity index (χ0n) is 49.4. The summed E-state index contributed by atoms with van der Waals surface area (Å²) in [6, 6.07) is 62.7. The topological polar surface area (TPSA) is 236 Å². The monoisotopic (exact) mass is 1170 g/mol. The van der Waals surface area contributed by atoms with Gasteiger partial charge in [-0.25, -0.2) is 0 Å². The molecule has 2 aliphatic heterocycles. The molecular formula is C72H79N7O8. The second-order valence-corrected chi connectivity index (χ2v) is 22.6. The number of nitrogens with one attached hydrogen (secondary N) is 4. The molecule has 4 amide bonds. The molecule has 15 heteroatoms. The van der Waals surface area contributed by atoms with Gasteiger partial charge in [0.05, 0.1) is 0 Å². The van der Waals surface area contributed by atoms with Gasteiger partial charge in [0.2, 0.25) is 23.6 Å². The van der Waals surface area contributed by atoms with Crippen LogP contribution in [0.25, 0.3) is 0 Å². The first-order valence-electron chi connectivity index (χ1n) is 30.0. The van der Waals surface area contributed by atoms with Gasteiger partial charge >= 0.3 is 11.9 Å². The lowest BCUT2D eigenvalue weighted by Crippen LogP contribution is -2.47. The molecule has 2 aliphatic rings. The lowest BCUT2D eigenvalue weighted by molar-refractivity contribution is -0.147.